The van der Waals surface area contributed by atoms with E-state index in [-0.39, 0.29) is 18.0 Å². The van der Waals surface area contributed by atoms with Gasteiger partial charge in [0.15, 0.2) is 0 Å². The van der Waals surface area contributed by atoms with Gasteiger partial charge in [0.25, 0.3) is 0 Å². The minimum Gasteiger partial charge on any atom is -0.493 e. The lowest BCUT2D eigenvalue weighted by atomic mass is 9.96. The van der Waals surface area contributed by atoms with Gasteiger partial charge in [0.1, 0.15) is 11.6 Å². The molecule has 0 bridgehead atoms. The molecule has 1 aromatic carbocycles. The Morgan fingerprint density at radius 2 is 2.16 bits per heavy atom. The van der Waals surface area contributed by atoms with Crippen molar-refractivity contribution in [1.29, 1.82) is 0 Å². The van der Waals surface area contributed by atoms with Crippen LogP contribution in [0.4, 0.5) is 4.39 Å². The van der Waals surface area contributed by atoms with E-state index in [1.165, 1.54) is 12.1 Å². The predicted octanol–water partition coefficient (Wildman–Crippen LogP) is 2.74. The number of likely N-dealkylation sites (N-methyl/N-ethyl adjacent to an activating group) is 1. The van der Waals surface area contributed by atoms with Gasteiger partial charge in [-0.15, -0.1) is 0 Å². The van der Waals surface area contributed by atoms with Crippen molar-refractivity contribution in [2.75, 3.05) is 19.8 Å². The second-order valence-electron chi connectivity index (χ2n) is 5.01. The van der Waals surface area contributed by atoms with Crippen LogP contribution in [-0.2, 0) is 0 Å². The quantitative estimate of drug-likeness (QED) is 0.677. The normalized spacial score (nSPS) is 14.1. The van der Waals surface area contributed by atoms with E-state index in [1.807, 2.05) is 13.8 Å². The highest BCUT2D eigenvalue weighted by Crippen LogP contribution is 2.15. The van der Waals surface area contributed by atoms with Gasteiger partial charge in [-0.2, -0.15) is 0 Å². The molecule has 0 aliphatic carbocycles. The Morgan fingerprint density at radius 1 is 1.37 bits per heavy atom. The topological polar surface area (TPSA) is 41.5 Å². The van der Waals surface area contributed by atoms with E-state index in [1.54, 1.807) is 12.1 Å². The summed E-state index contributed by atoms with van der Waals surface area (Å²) in [6.07, 6.45) is 2.74. The average Bonchev–Trinajstić information content (AvgIpc) is 2.39. The number of halogens is 1. The summed E-state index contributed by atoms with van der Waals surface area (Å²) in [6, 6.07) is 6.17. The molecule has 0 saturated heterocycles. The van der Waals surface area contributed by atoms with Crippen molar-refractivity contribution < 1.29 is 14.2 Å². The van der Waals surface area contributed by atoms with E-state index >= 15 is 0 Å². The van der Waals surface area contributed by atoms with Crippen LogP contribution in [0.3, 0.4) is 0 Å². The second kappa shape index (κ2) is 8.12. The monoisotopic (exact) mass is 269 g/mol. The minimum absolute atomic E-state index is 0.131. The van der Waals surface area contributed by atoms with Gasteiger partial charge in [0.2, 0.25) is 0 Å². The molecule has 1 rings (SSSR count). The van der Waals surface area contributed by atoms with Crippen LogP contribution < -0.4 is 10.1 Å². The van der Waals surface area contributed by atoms with Crippen LogP contribution in [0.5, 0.6) is 5.75 Å². The van der Waals surface area contributed by atoms with Gasteiger partial charge in [-0.25, -0.2) is 4.39 Å². The first-order valence-electron chi connectivity index (χ1n) is 6.84. The van der Waals surface area contributed by atoms with E-state index in [0.717, 1.165) is 25.8 Å². The van der Waals surface area contributed by atoms with Crippen LogP contribution in [0.2, 0.25) is 0 Å². The first kappa shape index (κ1) is 15.9. The number of rotatable bonds is 9. The van der Waals surface area contributed by atoms with E-state index < -0.39 is 0 Å². The van der Waals surface area contributed by atoms with E-state index in [4.69, 9.17) is 4.74 Å². The molecule has 0 heterocycles. The summed E-state index contributed by atoms with van der Waals surface area (Å²) in [5.74, 6) is 0.286. The van der Waals surface area contributed by atoms with E-state index in [2.05, 4.69) is 5.32 Å². The number of hydrogen-bond acceptors (Lipinski definition) is 3. The summed E-state index contributed by atoms with van der Waals surface area (Å²) >= 11 is 0. The molecule has 0 aliphatic heterocycles. The van der Waals surface area contributed by atoms with Crippen molar-refractivity contribution in [2.45, 2.75) is 38.6 Å². The maximum atomic E-state index is 12.9. The average molecular weight is 269 g/mol. The third-order valence-corrected chi connectivity index (χ3v) is 3.14. The van der Waals surface area contributed by atoms with Gasteiger partial charge < -0.3 is 15.2 Å². The van der Waals surface area contributed by atoms with Gasteiger partial charge in [-0.05, 0) is 44.9 Å². The molecule has 0 aromatic heterocycles. The van der Waals surface area contributed by atoms with Crippen molar-refractivity contribution >= 4 is 0 Å². The van der Waals surface area contributed by atoms with Crippen LogP contribution >= 0.6 is 0 Å². The molecule has 1 atom stereocenters. The van der Waals surface area contributed by atoms with Crippen LogP contribution in [0, 0.1) is 5.82 Å². The molecule has 0 radical (unpaired) electrons. The number of nitrogens with one attached hydrogen (secondary N) is 1. The molecule has 3 nitrogen and oxygen atoms in total. The zero-order valence-corrected chi connectivity index (χ0v) is 11.8. The van der Waals surface area contributed by atoms with Gasteiger partial charge in [-0.3, -0.25) is 0 Å². The maximum absolute atomic E-state index is 12.9. The molecule has 1 aromatic rings. The largest absolute Gasteiger partial charge is 0.493 e. The molecule has 0 saturated carbocycles. The number of unbranched alkanes of at least 4 members (excludes halogenated alkanes) is 1. The van der Waals surface area contributed by atoms with Crippen molar-refractivity contribution in [1.82, 2.24) is 5.32 Å². The summed E-state index contributed by atoms with van der Waals surface area (Å²) in [6.45, 7) is 5.59. The van der Waals surface area contributed by atoms with Gasteiger partial charge in [-0.1, -0.05) is 13.0 Å². The third kappa shape index (κ3) is 6.03. The fourth-order valence-electron chi connectivity index (χ4n) is 2.01. The Balaban J connectivity index is 2.20. The molecular formula is C15H24FNO2. The number of ether oxygens (including phenoxy) is 1. The Labute approximate surface area is 114 Å². The van der Waals surface area contributed by atoms with Gasteiger partial charge >= 0.3 is 0 Å². The highest BCUT2D eigenvalue weighted by molar-refractivity contribution is 5.22. The van der Waals surface area contributed by atoms with Crippen LogP contribution in [0.15, 0.2) is 24.3 Å². The number of benzene rings is 1. The molecule has 2 N–H and O–H groups in total. The van der Waals surface area contributed by atoms with Gasteiger partial charge in [0.05, 0.1) is 13.2 Å². The summed E-state index contributed by atoms with van der Waals surface area (Å²) in [5.41, 5.74) is -0.215. The molecule has 4 heteroatoms. The second-order valence-corrected chi connectivity index (χ2v) is 5.01. The Morgan fingerprint density at radius 3 is 2.79 bits per heavy atom. The first-order chi connectivity index (χ1) is 9.09. The van der Waals surface area contributed by atoms with Crippen LogP contribution in [-0.4, -0.2) is 30.4 Å². The molecule has 108 valence electrons. The molecule has 0 spiro atoms. The fraction of sp³-hybridized carbons (Fsp3) is 0.600. The summed E-state index contributed by atoms with van der Waals surface area (Å²) < 4.78 is 18.4. The summed E-state index contributed by atoms with van der Waals surface area (Å²) in [7, 11) is 0. The molecule has 19 heavy (non-hydrogen) atoms. The van der Waals surface area contributed by atoms with E-state index in [9.17, 15) is 9.50 Å². The van der Waals surface area contributed by atoms with Crippen molar-refractivity contribution in [2.24, 2.45) is 0 Å². The molecule has 0 amide bonds. The van der Waals surface area contributed by atoms with Crippen molar-refractivity contribution in [3.05, 3.63) is 30.1 Å². The molecule has 0 aliphatic rings. The highest BCUT2D eigenvalue weighted by Gasteiger charge is 2.20. The minimum atomic E-state index is -0.280. The number of aliphatic hydroxyl groups excluding tert-OH is 1. The summed E-state index contributed by atoms with van der Waals surface area (Å²) in [4.78, 5) is 0. The van der Waals surface area contributed by atoms with Gasteiger partial charge in [0, 0.05) is 11.6 Å². The first-order valence-corrected chi connectivity index (χ1v) is 6.84. The smallest absolute Gasteiger partial charge is 0.126 e. The lowest BCUT2D eigenvalue weighted by molar-refractivity contribution is 0.162. The standard InChI is InChI=1S/C15H24FNO2/c1-3-17-15(2,12-18)9-4-5-10-19-14-8-6-7-13(16)11-14/h6-8,11,17-18H,3-5,9-10,12H2,1-2H3. The maximum Gasteiger partial charge on any atom is 0.126 e. The summed E-state index contributed by atoms with van der Waals surface area (Å²) in [5, 5.41) is 12.6. The zero-order chi connectivity index (χ0) is 14.1. The Bertz CT molecular complexity index is 373. The van der Waals surface area contributed by atoms with Crippen molar-refractivity contribution in [3.63, 3.8) is 0 Å². The fourth-order valence-corrected chi connectivity index (χ4v) is 2.01. The number of hydrogen-bond donors (Lipinski definition) is 2. The number of aliphatic hydroxyl groups is 1. The van der Waals surface area contributed by atoms with E-state index in [0.29, 0.717) is 12.4 Å². The van der Waals surface area contributed by atoms with Crippen LogP contribution in [0.1, 0.15) is 33.1 Å². The predicted molar refractivity (Wildman–Crippen MR) is 74.9 cm³/mol. The Hall–Kier alpha value is -1.13. The molecular weight excluding hydrogens is 245 g/mol. The van der Waals surface area contributed by atoms with Crippen molar-refractivity contribution in [3.8, 4) is 5.75 Å². The Kier molecular flexibility index (Phi) is 6.81. The lowest BCUT2D eigenvalue weighted by Crippen LogP contribution is -2.45. The zero-order valence-electron chi connectivity index (χ0n) is 11.8. The highest BCUT2D eigenvalue weighted by atomic mass is 19.1. The van der Waals surface area contributed by atoms with Crippen LogP contribution in [0.25, 0.3) is 0 Å². The lowest BCUT2D eigenvalue weighted by Gasteiger charge is -2.28. The molecule has 0 fully saturated rings. The third-order valence-electron chi connectivity index (χ3n) is 3.14. The SMILES string of the molecule is CCNC(C)(CO)CCCCOc1cccc(F)c1. The molecule has 1 unspecified atom stereocenters.